The van der Waals surface area contributed by atoms with E-state index >= 15 is 0 Å². The second-order valence-corrected chi connectivity index (χ2v) is 5.79. The summed E-state index contributed by atoms with van der Waals surface area (Å²) in [4.78, 5) is 18.2. The molecule has 2 aromatic carbocycles. The third-order valence-electron chi connectivity index (χ3n) is 4.33. The van der Waals surface area contributed by atoms with Gasteiger partial charge < -0.3 is 0 Å². The first-order chi connectivity index (χ1) is 9.98. The molecule has 1 atom stereocenters. The van der Waals surface area contributed by atoms with Crippen molar-refractivity contribution in [3.8, 4) is 0 Å². The molecular formula is C18H19NO2. The second kappa shape index (κ2) is 4.71. The molecule has 1 heterocycles. The van der Waals surface area contributed by atoms with Crippen molar-refractivity contribution < 1.29 is 9.63 Å². The number of anilines is 1. The normalized spacial score (nSPS) is 20.8. The van der Waals surface area contributed by atoms with Gasteiger partial charge in [0.1, 0.15) is 5.41 Å². The van der Waals surface area contributed by atoms with Crippen molar-refractivity contribution >= 4 is 11.6 Å². The zero-order valence-electron chi connectivity index (χ0n) is 12.8. The Balaban J connectivity index is 2.24. The molecule has 21 heavy (non-hydrogen) atoms. The van der Waals surface area contributed by atoms with Gasteiger partial charge in [-0.3, -0.25) is 9.63 Å². The summed E-state index contributed by atoms with van der Waals surface area (Å²) in [6.45, 7) is 6.02. The molecule has 108 valence electrons. The number of hydrogen-bond acceptors (Lipinski definition) is 2. The lowest BCUT2D eigenvalue weighted by Crippen LogP contribution is -2.38. The van der Waals surface area contributed by atoms with E-state index in [-0.39, 0.29) is 5.91 Å². The molecule has 1 aliphatic rings. The lowest BCUT2D eigenvalue weighted by molar-refractivity contribution is -0.127. The fourth-order valence-electron chi connectivity index (χ4n) is 3.01. The zero-order chi connectivity index (χ0) is 15.2. The monoisotopic (exact) mass is 281 g/mol. The average Bonchev–Trinajstić information content (AvgIpc) is 2.68. The molecule has 0 saturated heterocycles. The average molecular weight is 281 g/mol. The summed E-state index contributed by atoms with van der Waals surface area (Å²) >= 11 is 0. The summed E-state index contributed by atoms with van der Waals surface area (Å²) in [6, 6.07) is 14.2. The van der Waals surface area contributed by atoms with E-state index in [9.17, 15) is 4.79 Å². The molecule has 3 rings (SSSR count). The number of rotatable bonds is 2. The summed E-state index contributed by atoms with van der Waals surface area (Å²) in [5.41, 5.74) is 4.40. The maximum absolute atomic E-state index is 12.9. The van der Waals surface area contributed by atoms with Crippen molar-refractivity contribution in [2.75, 3.05) is 12.2 Å². The van der Waals surface area contributed by atoms with Crippen LogP contribution in [0, 0.1) is 13.8 Å². The third kappa shape index (κ3) is 1.88. The smallest absolute Gasteiger partial charge is 0.265 e. The van der Waals surface area contributed by atoms with Crippen LogP contribution in [0.25, 0.3) is 0 Å². The molecule has 0 spiro atoms. The largest absolute Gasteiger partial charge is 0.271 e. The fourth-order valence-corrected chi connectivity index (χ4v) is 3.01. The van der Waals surface area contributed by atoms with Crippen LogP contribution in [0.1, 0.15) is 29.2 Å². The summed E-state index contributed by atoms with van der Waals surface area (Å²) < 4.78 is 0. The molecular weight excluding hydrogens is 262 g/mol. The standard InChI is InChI=1S/C18H19NO2/c1-12-5-8-14(9-6-12)18(3)15-10-7-13(2)11-16(15)19(21-4)17(18)20/h5-11H,1-4H3. The lowest BCUT2D eigenvalue weighted by Gasteiger charge is -2.24. The van der Waals surface area contributed by atoms with Crippen molar-refractivity contribution in [2.45, 2.75) is 26.2 Å². The minimum atomic E-state index is -0.702. The highest BCUT2D eigenvalue weighted by Crippen LogP contribution is 2.46. The summed E-state index contributed by atoms with van der Waals surface area (Å²) in [5, 5.41) is 1.40. The molecule has 3 heteroatoms. The predicted octanol–water partition coefficient (Wildman–Crippen LogP) is 3.52. The van der Waals surface area contributed by atoms with E-state index in [2.05, 4.69) is 0 Å². The molecule has 0 aliphatic carbocycles. The summed E-state index contributed by atoms with van der Waals surface area (Å²) in [6.07, 6.45) is 0. The topological polar surface area (TPSA) is 29.5 Å². The number of carbonyl (C=O) groups excluding carboxylic acids is 1. The maximum Gasteiger partial charge on any atom is 0.265 e. The van der Waals surface area contributed by atoms with Crippen LogP contribution in [0.5, 0.6) is 0 Å². The van der Waals surface area contributed by atoms with Crippen molar-refractivity contribution in [1.82, 2.24) is 0 Å². The van der Waals surface area contributed by atoms with Crippen LogP contribution in [-0.2, 0) is 15.0 Å². The number of aryl methyl sites for hydroxylation is 2. The Morgan fingerprint density at radius 1 is 1.00 bits per heavy atom. The Bertz CT molecular complexity index is 706. The highest BCUT2D eigenvalue weighted by Gasteiger charge is 2.49. The first kappa shape index (κ1) is 13.8. The molecule has 0 radical (unpaired) electrons. The van der Waals surface area contributed by atoms with Gasteiger partial charge >= 0.3 is 0 Å². The molecule has 2 aromatic rings. The van der Waals surface area contributed by atoms with E-state index in [0.717, 1.165) is 22.4 Å². The van der Waals surface area contributed by atoms with Gasteiger partial charge in [0, 0.05) is 0 Å². The number of hydroxylamine groups is 1. The summed E-state index contributed by atoms with van der Waals surface area (Å²) in [7, 11) is 1.53. The SMILES string of the molecule is CON1C(=O)C(C)(c2ccc(C)cc2)c2ccc(C)cc21. The lowest BCUT2D eigenvalue weighted by atomic mass is 9.77. The molecule has 1 amide bonds. The highest BCUT2D eigenvalue weighted by molar-refractivity contribution is 6.08. The van der Waals surface area contributed by atoms with Crippen LogP contribution in [0.4, 0.5) is 5.69 Å². The van der Waals surface area contributed by atoms with E-state index in [1.54, 1.807) is 0 Å². The van der Waals surface area contributed by atoms with E-state index < -0.39 is 5.41 Å². The molecule has 0 aromatic heterocycles. The number of fused-ring (bicyclic) bond motifs is 1. The Morgan fingerprint density at radius 2 is 1.62 bits per heavy atom. The molecule has 0 saturated carbocycles. The number of hydrogen-bond donors (Lipinski definition) is 0. The van der Waals surface area contributed by atoms with Gasteiger partial charge in [0.2, 0.25) is 0 Å². The number of nitrogens with zero attached hydrogens (tertiary/aromatic N) is 1. The second-order valence-electron chi connectivity index (χ2n) is 5.79. The van der Waals surface area contributed by atoms with Gasteiger partial charge in [-0.1, -0.05) is 42.0 Å². The minimum Gasteiger partial charge on any atom is -0.271 e. The van der Waals surface area contributed by atoms with Gasteiger partial charge in [-0.2, -0.15) is 5.06 Å². The van der Waals surface area contributed by atoms with E-state index in [4.69, 9.17) is 4.84 Å². The van der Waals surface area contributed by atoms with Crippen LogP contribution < -0.4 is 5.06 Å². The van der Waals surface area contributed by atoms with Gasteiger partial charge in [0.05, 0.1) is 12.8 Å². The Kier molecular flexibility index (Phi) is 3.10. The van der Waals surface area contributed by atoms with Crippen molar-refractivity contribution in [2.24, 2.45) is 0 Å². The van der Waals surface area contributed by atoms with Crippen LogP contribution >= 0.6 is 0 Å². The predicted molar refractivity (Wildman–Crippen MR) is 83.3 cm³/mol. The van der Waals surface area contributed by atoms with Crippen molar-refractivity contribution in [3.63, 3.8) is 0 Å². The summed E-state index contributed by atoms with van der Waals surface area (Å²) in [5.74, 6) is -0.0468. The van der Waals surface area contributed by atoms with Crippen LogP contribution in [0.3, 0.4) is 0 Å². The molecule has 0 bridgehead atoms. The van der Waals surface area contributed by atoms with Gasteiger partial charge in [-0.05, 0) is 43.5 Å². The molecule has 1 aliphatic heterocycles. The van der Waals surface area contributed by atoms with Crippen molar-refractivity contribution in [1.29, 1.82) is 0 Å². The van der Waals surface area contributed by atoms with Gasteiger partial charge in [-0.15, -0.1) is 0 Å². The third-order valence-corrected chi connectivity index (χ3v) is 4.33. The van der Waals surface area contributed by atoms with Gasteiger partial charge in [0.15, 0.2) is 0 Å². The fraction of sp³-hybridized carbons (Fsp3) is 0.278. The first-order valence-electron chi connectivity index (χ1n) is 7.05. The first-order valence-corrected chi connectivity index (χ1v) is 7.05. The zero-order valence-corrected chi connectivity index (χ0v) is 12.8. The van der Waals surface area contributed by atoms with Gasteiger partial charge in [0.25, 0.3) is 5.91 Å². The van der Waals surface area contributed by atoms with E-state index in [1.165, 1.54) is 17.7 Å². The molecule has 1 unspecified atom stereocenters. The van der Waals surface area contributed by atoms with Crippen LogP contribution in [-0.4, -0.2) is 13.0 Å². The van der Waals surface area contributed by atoms with E-state index in [0.29, 0.717) is 0 Å². The molecule has 0 N–H and O–H groups in total. The number of carbonyl (C=O) groups is 1. The Hall–Kier alpha value is -2.13. The maximum atomic E-state index is 12.9. The molecule has 0 fully saturated rings. The number of amides is 1. The minimum absolute atomic E-state index is 0.0468. The van der Waals surface area contributed by atoms with Gasteiger partial charge in [-0.25, -0.2) is 0 Å². The Morgan fingerprint density at radius 3 is 2.24 bits per heavy atom. The highest BCUT2D eigenvalue weighted by atomic mass is 16.7. The van der Waals surface area contributed by atoms with Crippen molar-refractivity contribution in [3.05, 3.63) is 64.7 Å². The van der Waals surface area contributed by atoms with Crippen LogP contribution in [0.2, 0.25) is 0 Å². The Labute approximate surface area is 125 Å². The van der Waals surface area contributed by atoms with E-state index in [1.807, 2.05) is 63.2 Å². The van der Waals surface area contributed by atoms with Crippen LogP contribution in [0.15, 0.2) is 42.5 Å². The molecule has 3 nitrogen and oxygen atoms in total. The quantitative estimate of drug-likeness (QED) is 0.843. The number of benzene rings is 2.